The minimum Gasteiger partial charge on any atom is -0.488 e. The minimum atomic E-state index is -0.588. The van der Waals surface area contributed by atoms with E-state index in [-0.39, 0.29) is 6.10 Å². The molecular weight excluding hydrogens is 176 g/mol. The molecule has 14 heavy (non-hydrogen) atoms. The van der Waals surface area contributed by atoms with Crippen molar-refractivity contribution in [1.82, 2.24) is 0 Å². The predicted octanol–water partition coefficient (Wildman–Crippen LogP) is 1.61. The minimum absolute atomic E-state index is 0.291. The zero-order valence-corrected chi connectivity index (χ0v) is 8.40. The van der Waals surface area contributed by atoms with Gasteiger partial charge in [-0.25, -0.2) is 0 Å². The molecule has 2 atom stereocenters. The highest BCUT2D eigenvalue weighted by Gasteiger charge is 2.13. The molecule has 2 unspecified atom stereocenters. The number of benzene rings is 1. The van der Waals surface area contributed by atoms with Crippen molar-refractivity contribution in [2.75, 3.05) is 0 Å². The molecule has 0 saturated carbocycles. The molecular formula is C11H14N2O. The van der Waals surface area contributed by atoms with Gasteiger partial charge >= 0.3 is 0 Å². The van der Waals surface area contributed by atoms with E-state index in [1.165, 1.54) is 0 Å². The lowest BCUT2D eigenvalue weighted by Gasteiger charge is -2.17. The molecule has 0 amide bonds. The Morgan fingerprint density at radius 2 is 2.07 bits per heavy atom. The summed E-state index contributed by atoms with van der Waals surface area (Å²) in [5, 5.41) is 8.60. The summed E-state index contributed by atoms with van der Waals surface area (Å²) >= 11 is 0. The van der Waals surface area contributed by atoms with E-state index in [1.54, 1.807) is 6.92 Å². The molecule has 3 nitrogen and oxygen atoms in total. The molecule has 74 valence electrons. The standard InChI is InChI=1S/C11H14N2O/c1-8-5-3-4-6-11(8)14-9(2)10(13)7-12/h3-6,9-10H,13H2,1-2H3. The molecule has 0 spiro atoms. The van der Waals surface area contributed by atoms with E-state index in [0.717, 1.165) is 11.3 Å². The average Bonchev–Trinajstić information content (AvgIpc) is 2.20. The second-order valence-corrected chi connectivity index (χ2v) is 3.24. The van der Waals surface area contributed by atoms with Crippen molar-refractivity contribution in [3.63, 3.8) is 0 Å². The van der Waals surface area contributed by atoms with E-state index >= 15 is 0 Å². The van der Waals surface area contributed by atoms with Crippen LogP contribution in [0.2, 0.25) is 0 Å². The quantitative estimate of drug-likeness (QED) is 0.787. The van der Waals surface area contributed by atoms with E-state index in [2.05, 4.69) is 0 Å². The van der Waals surface area contributed by atoms with Crippen molar-refractivity contribution < 1.29 is 4.74 Å². The number of nitrogens with zero attached hydrogens (tertiary/aromatic N) is 1. The van der Waals surface area contributed by atoms with E-state index in [4.69, 9.17) is 15.7 Å². The Morgan fingerprint density at radius 1 is 1.43 bits per heavy atom. The average molecular weight is 190 g/mol. The normalized spacial score (nSPS) is 14.1. The van der Waals surface area contributed by atoms with Crippen LogP contribution in [0.5, 0.6) is 5.75 Å². The summed E-state index contributed by atoms with van der Waals surface area (Å²) in [4.78, 5) is 0. The third-order valence-electron chi connectivity index (χ3n) is 2.06. The highest BCUT2D eigenvalue weighted by atomic mass is 16.5. The summed E-state index contributed by atoms with van der Waals surface area (Å²) in [5.74, 6) is 0.783. The first kappa shape index (κ1) is 10.6. The van der Waals surface area contributed by atoms with Crippen molar-refractivity contribution in [1.29, 1.82) is 5.26 Å². The van der Waals surface area contributed by atoms with Gasteiger partial charge in [-0.1, -0.05) is 18.2 Å². The molecule has 0 aliphatic carbocycles. The van der Waals surface area contributed by atoms with Gasteiger partial charge in [0.25, 0.3) is 0 Å². The summed E-state index contributed by atoms with van der Waals surface area (Å²) in [6.45, 7) is 3.75. The molecule has 0 saturated heterocycles. The fourth-order valence-corrected chi connectivity index (χ4v) is 1.07. The lowest BCUT2D eigenvalue weighted by atomic mass is 10.2. The fourth-order valence-electron chi connectivity index (χ4n) is 1.07. The number of hydrogen-bond acceptors (Lipinski definition) is 3. The second kappa shape index (κ2) is 4.64. The van der Waals surface area contributed by atoms with E-state index < -0.39 is 6.04 Å². The van der Waals surface area contributed by atoms with Crippen LogP contribution in [0.4, 0.5) is 0 Å². The van der Waals surface area contributed by atoms with Crippen LogP contribution < -0.4 is 10.5 Å². The van der Waals surface area contributed by atoms with Crippen molar-refractivity contribution in [3.8, 4) is 11.8 Å². The van der Waals surface area contributed by atoms with Crippen LogP contribution in [-0.4, -0.2) is 12.1 Å². The Hall–Kier alpha value is -1.53. The predicted molar refractivity (Wildman–Crippen MR) is 54.9 cm³/mol. The first-order valence-corrected chi connectivity index (χ1v) is 4.52. The zero-order valence-electron chi connectivity index (χ0n) is 8.40. The lowest BCUT2D eigenvalue weighted by Crippen LogP contribution is -2.35. The first-order chi connectivity index (χ1) is 6.65. The third kappa shape index (κ3) is 2.48. The highest BCUT2D eigenvalue weighted by molar-refractivity contribution is 5.32. The van der Waals surface area contributed by atoms with Gasteiger partial charge < -0.3 is 10.5 Å². The number of rotatable bonds is 3. The summed E-state index contributed by atoms with van der Waals surface area (Å²) in [5.41, 5.74) is 6.57. The molecule has 0 radical (unpaired) electrons. The third-order valence-corrected chi connectivity index (χ3v) is 2.06. The first-order valence-electron chi connectivity index (χ1n) is 4.52. The van der Waals surface area contributed by atoms with Crippen LogP contribution in [0.1, 0.15) is 12.5 Å². The Balaban J connectivity index is 2.70. The van der Waals surface area contributed by atoms with Crippen LogP contribution in [-0.2, 0) is 0 Å². The topological polar surface area (TPSA) is 59.0 Å². The summed E-state index contributed by atoms with van der Waals surface area (Å²) < 4.78 is 5.55. The van der Waals surface area contributed by atoms with E-state index in [9.17, 15) is 0 Å². The Morgan fingerprint density at radius 3 is 2.64 bits per heavy atom. The largest absolute Gasteiger partial charge is 0.488 e. The molecule has 0 bridgehead atoms. The van der Waals surface area contributed by atoms with Gasteiger partial charge in [-0.3, -0.25) is 0 Å². The van der Waals surface area contributed by atoms with Crippen LogP contribution >= 0.6 is 0 Å². The molecule has 0 fully saturated rings. The van der Waals surface area contributed by atoms with Crippen molar-refractivity contribution in [2.45, 2.75) is 26.0 Å². The highest BCUT2D eigenvalue weighted by Crippen LogP contribution is 2.18. The van der Waals surface area contributed by atoms with E-state index in [0.29, 0.717) is 0 Å². The maximum atomic E-state index is 8.60. The Bertz CT molecular complexity index is 343. The van der Waals surface area contributed by atoms with Gasteiger partial charge in [0.05, 0.1) is 6.07 Å². The lowest BCUT2D eigenvalue weighted by molar-refractivity contribution is 0.207. The van der Waals surface area contributed by atoms with Gasteiger partial charge in [0.2, 0.25) is 0 Å². The smallest absolute Gasteiger partial charge is 0.130 e. The maximum absolute atomic E-state index is 8.60. The molecule has 1 aromatic rings. The van der Waals surface area contributed by atoms with Gasteiger partial charge in [-0.05, 0) is 25.5 Å². The number of nitrogens with two attached hydrogens (primary N) is 1. The summed E-state index contributed by atoms with van der Waals surface area (Å²) in [6.07, 6.45) is -0.291. The Labute approximate surface area is 84.1 Å². The summed E-state index contributed by atoms with van der Waals surface area (Å²) in [7, 11) is 0. The van der Waals surface area contributed by atoms with Crippen LogP contribution in [0.3, 0.4) is 0 Å². The summed E-state index contributed by atoms with van der Waals surface area (Å²) in [6, 6.07) is 9.04. The zero-order chi connectivity index (χ0) is 10.6. The van der Waals surface area contributed by atoms with E-state index in [1.807, 2.05) is 37.3 Å². The second-order valence-electron chi connectivity index (χ2n) is 3.24. The molecule has 3 heteroatoms. The maximum Gasteiger partial charge on any atom is 0.130 e. The molecule has 0 heterocycles. The van der Waals surface area contributed by atoms with Crippen LogP contribution in [0.25, 0.3) is 0 Å². The van der Waals surface area contributed by atoms with Crippen molar-refractivity contribution >= 4 is 0 Å². The number of ether oxygens (including phenoxy) is 1. The molecule has 1 rings (SSSR count). The van der Waals surface area contributed by atoms with Crippen LogP contribution in [0.15, 0.2) is 24.3 Å². The SMILES string of the molecule is Cc1ccccc1OC(C)C(N)C#N. The number of aryl methyl sites for hydroxylation is 1. The molecule has 1 aromatic carbocycles. The van der Waals surface area contributed by atoms with Gasteiger partial charge in [-0.2, -0.15) is 5.26 Å². The van der Waals surface area contributed by atoms with Crippen LogP contribution in [0, 0.1) is 18.3 Å². The molecule has 0 aromatic heterocycles. The van der Waals surface area contributed by atoms with Crippen molar-refractivity contribution in [3.05, 3.63) is 29.8 Å². The van der Waals surface area contributed by atoms with Gasteiger partial charge in [0.1, 0.15) is 17.9 Å². The van der Waals surface area contributed by atoms with Crippen molar-refractivity contribution in [2.24, 2.45) is 5.73 Å². The number of hydrogen-bond donors (Lipinski definition) is 1. The fraction of sp³-hybridized carbons (Fsp3) is 0.364. The molecule has 0 aliphatic heterocycles. The van der Waals surface area contributed by atoms with Gasteiger partial charge in [0, 0.05) is 0 Å². The molecule has 0 aliphatic rings. The number of para-hydroxylation sites is 1. The monoisotopic (exact) mass is 190 g/mol. The molecule has 2 N–H and O–H groups in total. The number of nitriles is 1. The van der Waals surface area contributed by atoms with Gasteiger partial charge in [-0.15, -0.1) is 0 Å². The Kier molecular flexibility index (Phi) is 3.49. The van der Waals surface area contributed by atoms with Gasteiger partial charge in [0.15, 0.2) is 0 Å².